The van der Waals surface area contributed by atoms with Crippen molar-refractivity contribution in [3.05, 3.63) is 71.9 Å². The number of ether oxygens (including phenoxy) is 1. The molecule has 0 aliphatic carbocycles. The van der Waals surface area contributed by atoms with Gasteiger partial charge in [-0.25, -0.2) is 9.97 Å². The first-order chi connectivity index (χ1) is 12.0. The van der Waals surface area contributed by atoms with Crippen LogP contribution in [0.2, 0.25) is 0 Å². The molecule has 0 bridgehead atoms. The van der Waals surface area contributed by atoms with Gasteiger partial charge in [-0.05, 0) is 24.3 Å². The van der Waals surface area contributed by atoms with Crippen molar-refractivity contribution in [2.75, 3.05) is 0 Å². The number of alkyl halides is 3. The summed E-state index contributed by atoms with van der Waals surface area (Å²) in [6, 6.07) is 8.26. The number of hydrogen-bond acceptors (Lipinski definition) is 4. The van der Waals surface area contributed by atoms with E-state index in [4.69, 9.17) is 4.74 Å². The van der Waals surface area contributed by atoms with E-state index < -0.39 is 11.7 Å². The molecule has 0 amide bonds. The van der Waals surface area contributed by atoms with E-state index >= 15 is 0 Å². The average Bonchev–Trinajstić information content (AvgIpc) is 3.09. The zero-order valence-corrected chi connectivity index (χ0v) is 13.0. The summed E-state index contributed by atoms with van der Waals surface area (Å²) in [5, 5.41) is 3.19. The summed E-state index contributed by atoms with van der Waals surface area (Å²) in [5.74, 6) is 0.349. The van der Waals surface area contributed by atoms with Crippen LogP contribution in [0.15, 0.2) is 55.1 Å². The molecular weight excluding hydrogens is 333 g/mol. The SMILES string of the molecule is FC(F)(F)c1cccc(Oc2ncccc2CNCc2cnc[nH]2)c1. The number of aromatic nitrogens is 3. The van der Waals surface area contributed by atoms with Gasteiger partial charge in [-0.15, -0.1) is 0 Å². The monoisotopic (exact) mass is 348 g/mol. The predicted molar refractivity (Wildman–Crippen MR) is 84.9 cm³/mol. The quantitative estimate of drug-likeness (QED) is 0.709. The maximum atomic E-state index is 12.8. The highest BCUT2D eigenvalue weighted by molar-refractivity contribution is 5.35. The first-order valence-electron chi connectivity index (χ1n) is 7.49. The molecule has 130 valence electrons. The normalized spacial score (nSPS) is 11.5. The van der Waals surface area contributed by atoms with Crippen LogP contribution in [0.1, 0.15) is 16.8 Å². The lowest BCUT2D eigenvalue weighted by Crippen LogP contribution is -2.14. The second-order valence-corrected chi connectivity index (χ2v) is 5.28. The molecule has 0 atom stereocenters. The van der Waals surface area contributed by atoms with Crippen LogP contribution in [0, 0.1) is 0 Å². The van der Waals surface area contributed by atoms with E-state index in [0.717, 1.165) is 23.4 Å². The summed E-state index contributed by atoms with van der Waals surface area (Å²) in [7, 11) is 0. The lowest BCUT2D eigenvalue weighted by molar-refractivity contribution is -0.137. The molecule has 0 spiro atoms. The molecule has 3 aromatic rings. The van der Waals surface area contributed by atoms with E-state index in [9.17, 15) is 13.2 Å². The van der Waals surface area contributed by atoms with E-state index in [0.29, 0.717) is 13.1 Å². The molecule has 0 fully saturated rings. The number of H-pyrrole nitrogens is 1. The molecule has 2 N–H and O–H groups in total. The molecule has 0 saturated heterocycles. The van der Waals surface area contributed by atoms with Crippen LogP contribution in [0.3, 0.4) is 0 Å². The fourth-order valence-corrected chi connectivity index (χ4v) is 2.21. The number of halogens is 3. The van der Waals surface area contributed by atoms with Gasteiger partial charge in [0.1, 0.15) is 5.75 Å². The van der Waals surface area contributed by atoms with Gasteiger partial charge < -0.3 is 15.0 Å². The van der Waals surface area contributed by atoms with Crippen molar-refractivity contribution < 1.29 is 17.9 Å². The summed E-state index contributed by atoms with van der Waals surface area (Å²) in [5.41, 5.74) is 0.892. The number of benzene rings is 1. The predicted octanol–water partition coefficient (Wildman–Crippen LogP) is 3.91. The van der Waals surface area contributed by atoms with Gasteiger partial charge in [0.05, 0.1) is 11.9 Å². The van der Waals surface area contributed by atoms with Crippen molar-refractivity contribution in [3.8, 4) is 11.6 Å². The van der Waals surface area contributed by atoms with E-state index in [1.807, 2.05) is 0 Å². The van der Waals surface area contributed by atoms with Crippen molar-refractivity contribution in [3.63, 3.8) is 0 Å². The van der Waals surface area contributed by atoms with Gasteiger partial charge in [0.2, 0.25) is 5.88 Å². The Labute approximate surface area is 141 Å². The minimum atomic E-state index is -4.42. The molecule has 3 rings (SSSR count). The average molecular weight is 348 g/mol. The Morgan fingerprint density at radius 2 is 2.00 bits per heavy atom. The molecule has 5 nitrogen and oxygen atoms in total. The highest BCUT2D eigenvalue weighted by Crippen LogP contribution is 2.32. The first-order valence-corrected chi connectivity index (χ1v) is 7.49. The second kappa shape index (κ2) is 7.35. The number of pyridine rings is 1. The van der Waals surface area contributed by atoms with Crippen molar-refractivity contribution in [2.45, 2.75) is 19.3 Å². The molecule has 0 aliphatic heterocycles. The van der Waals surface area contributed by atoms with Crippen LogP contribution in [-0.4, -0.2) is 15.0 Å². The van der Waals surface area contributed by atoms with Crippen LogP contribution in [0.4, 0.5) is 13.2 Å². The Kier molecular flexibility index (Phi) is 4.99. The topological polar surface area (TPSA) is 62.8 Å². The number of hydrogen-bond donors (Lipinski definition) is 2. The van der Waals surface area contributed by atoms with Crippen LogP contribution >= 0.6 is 0 Å². The number of rotatable bonds is 6. The summed E-state index contributed by atoms with van der Waals surface area (Å²) < 4.78 is 44.0. The van der Waals surface area contributed by atoms with E-state index in [1.54, 1.807) is 24.7 Å². The molecular formula is C17H15F3N4O. The Bertz CT molecular complexity index is 819. The van der Waals surface area contributed by atoms with Gasteiger partial charge in [0, 0.05) is 36.7 Å². The molecule has 0 saturated carbocycles. The highest BCUT2D eigenvalue weighted by atomic mass is 19.4. The first kappa shape index (κ1) is 17.0. The molecule has 0 unspecified atom stereocenters. The van der Waals surface area contributed by atoms with Gasteiger partial charge >= 0.3 is 6.18 Å². The summed E-state index contributed by atoms with van der Waals surface area (Å²) in [6.07, 6.45) is 0.402. The van der Waals surface area contributed by atoms with Gasteiger partial charge in [-0.2, -0.15) is 13.2 Å². The van der Waals surface area contributed by atoms with Crippen LogP contribution in [0.25, 0.3) is 0 Å². The summed E-state index contributed by atoms with van der Waals surface area (Å²) >= 11 is 0. The third kappa shape index (κ3) is 4.57. The van der Waals surface area contributed by atoms with Gasteiger partial charge in [-0.1, -0.05) is 12.1 Å². The summed E-state index contributed by atoms with van der Waals surface area (Å²) in [4.78, 5) is 11.0. The van der Waals surface area contributed by atoms with E-state index in [1.165, 1.54) is 18.3 Å². The minimum absolute atomic E-state index is 0.0864. The Hall–Kier alpha value is -2.87. The molecule has 2 heterocycles. The number of aromatic amines is 1. The molecule has 1 aromatic carbocycles. The molecule has 0 aliphatic rings. The Morgan fingerprint density at radius 1 is 1.12 bits per heavy atom. The van der Waals surface area contributed by atoms with E-state index in [-0.39, 0.29) is 11.6 Å². The lowest BCUT2D eigenvalue weighted by Gasteiger charge is -2.12. The van der Waals surface area contributed by atoms with Crippen LogP contribution in [-0.2, 0) is 19.3 Å². The van der Waals surface area contributed by atoms with Gasteiger partial charge in [-0.3, -0.25) is 0 Å². The van der Waals surface area contributed by atoms with Gasteiger partial charge in [0.15, 0.2) is 0 Å². The van der Waals surface area contributed by atoms with Crippen molar-refractivity contribution in [2.24, 2.45) is 0 Å². The zero-order chi connectivity index (χ0) is 17.7. The number of nitrogens with zero attached hydrogens (tertiary/aromatic N) is 2. The molecule has 0 radical (unpaired) electrons. The fourth-order valence-electron chi connectivity index (χ4n) is 2.21. The Morgan fingerprint density at radius 3 is 2.76 bits per heavy atom. The van der Waals surface area contributed by atoms with Crippen molar-refractivity contribution >= 4 is 0 Å². The Balaban J connectivity index is 1.70. The molecule has 8 heteroatoms. The zero-order valence-electron chi connectivity index (χ0n) is 13.0. The van der Waals surface area contributed by atoms with Crippen LogP contribution in [0.5, 0.6) is 11.6 Å². The second-order valence-electron chi connectivity index (χ2n) is 5.28. The fraction of sp³-hybridized carbons (Fsp3) is 0.176. The standard InChI is InChI=1S/C17H15F3N4O/c18-17(19,20)13-4-1-5-15(7-13)25-16-12(3-2-6-23-16)8-21-9-14-10-22-11-24-14/h1-7,10-11,21H,8-9H2,(H,22,24). The van der Waals surface area contributed by atoms with Crippen molar-refractivity contribution in [1.29, 1.82) is 0 Å². The smallest absolute Gasteiger partial charge is 0.416 e. The minimum Gasteiger partial charge on any atom is -0.439 e. The maximum Gasteiger partial charge on any atom is 0.416 e. The van der Waals surface area contributed by atoms with E-state index in [2.05, 4.69) is 20.3 Å². The van der Waals surface area contributed by atoms with Gasteiger partial charge in [0.25, 0.3) is 0 Å². The summed E-state index contributed by atoms with van der Waals surface area (Å²) in [6.45, 7) is 1.01. The molecule has 25 heavy (non-hydrogen) atoms. The maximum absolute atomic E-state index is 12.8. The molecule has 2 aromatic heterocycles. The third-order valence-corrected chi connectivity index (χ3v) is 3.41. The van der Waals surface area contributed by atoms with Crippen molar-refractivity contribution in [1.82, 2.24) is 20.3 Å². The lowest BCUT2D eigenvalue weighted by atomic mass is 10.2. The highest BCUT2D eigenvalue weighted by Gasteiger charge is 2.30. The number of imidazole rings is 1. The third-order valence-electron chi connectivity index (χ3n) is 3.41. The largest absolute Gasteiger partial charge is 0.439 e. The van der Waals surface area contributed by atoms with Crippen LogP contribution < -0.4 is 10.1 Å². The number of nitrogens with one attached hydrogen (secondary N) is 2.